The summed E-state index contributed by atoms with van der Waals surface area (Å²) in [6, 6.07) is 11.5. The lowest BCUT2D eigenvalue weighted by atomic mass is 10.2. The number of halogens is 1. The molecule has 0 atom stereocenters. The van der Waals surface area contributed by atoms with Crippen molar-refractivity contribution in [3.63, 3.8) is 0 Å². The van der Waals surface area contributed by atoms with Gasteiger partial charge >= 0.3 is 0 Å². The highest BCUT2D eigenvalue weighted by atomic mass is 127. The van der Waals surface area contributed by atoms with Crippen molar-refractivity contribution in [2.24, 2.45) is 0 Å². The monoisotopic (exact) mass is 336 g/mol. The van der Waals surface area contributed by atoms with Crippen LogP contribution in [0.25, 0.3) is 0 Å². The number of hydrogen-bond donors (Lipinski definition) is 2. The van der Waals surface area contributed by atoms with Crippen LogP contribution in [-0.2, 0) is 0 Å². The molecule has 0 aliphatic carbocycles. The van der Waals surface area contributed by atoms with Crippen molar-refractivity contribution in [3.05, 3.63) is 45.7 Å². The molecule has 2 rings (SSSR count). The molecule has 4 nitrogen and oxygen atoms in total. The van der Waals surface area contributed by atoms with Gasteiger partial charge in [-0.3, -0.25) is 0 Å². The van der Waals surface area contributed by atoms with Gasteiger partial charge in [-0.1, -0.05) is 6.07 Å². The maximum absolute atomic E-state index is 8.99. The first-order valence-corrected chi connectivity index (χ1v) is 5.95. The quantitative estimate of drug-likeness (QED) is 0.827. The second kappa shape index (κ2) is 5.01. The molecular weight excluding hydrogens is 327 g/mol. The maximum Gasteiger partial charge on any atom is 0.148 e. The first kappa shape index (κ1) is 11.7. The van der Waals surface area contributed by atoms with Crippen LogP contribution in [0.15, 0.2) is 36.5 Å². The van der Waals surface area contributed by atoms with Crippen molar-refractivity contribution in [3.8, 4) is 6.07 Å². The molecule has 0 saturated carbocycles. The van der Waals surface area contributed by atoms with E-state index >= 15 is 0 Å². The molecule has 1 heterocycles. The lowest BCUT2D eigenvalue weighted by Crippen LogP contribution is -1.98. The third-order valence-electron chi connectivity index (χ3n) is 2.12. The molecule has 0 spiro atoms. The first-order chi connectivity index (χ1) is 8.19. The standard InChI is InChI=1S/C12H9IN4/c13-9-2-1-3-11(5-9)17-12-8(6-14)4-10(15)7-16-12/h1-5,7H,15H2,(H,16,17). The van der Waals surface area contributed by atoms with E-state index in [-0.39, 0.29) is 0 Å². The second-order valence-corrected chi connectivity index (χ2v) is 4.66. The summed E-state index contributed by atoms with van der Waals surface area (Å²) in [7, 11) is 0. The van der Waals surface area contributed by atoms with Crippen LogP contribution in [-0.4, -0.2) is 4.98 Å². The normalized spacial score (nSPS) is 9.65. The fourth-order valence-electron chi connectivity index (χ4n) is 1.37. The lowest BCUT2D eigenvalue weighted by molar-refractivity contribution is 1.29. The molecular formula is C12H9IN4. The third-order valence-corrected chi connectivity index (χ3v) is 2.79. The Hall–Kier alpha value is -1.81. The minimum Gasteiger partial charge on any atom is -0.397 e. The molecule has 1 aromatic heterocycles. The van der Waals surface area contributed by atoms with Crippen LogP contribution < -0.4 is 11.1 Å². The number of nitrogens with one attached hydrogen (secondary N) is 1. The number of nitrogen functional groups attached to an aromatic ring is 1. The maximum atomic E-state index is 8.99. The van der Waals surface area contributed by atoms with Gasteiger partial charge in [0.25, 0.3) is 0 Å². The summed E-state index contributed by atoms with van der Waals surface area (Å²) < 4.78 is 1.11. The van der Waals surface area contributed by atoms with Crippen molar-refractivity contribution in [2.45, 2.75) is 0 Å². The molecule has 84 valence electrons. The largest absolute Gasteiger partial charge is 0.397 e. The first-order valence-electron chi connectivity index (χ1n) is 4.87. The van der Waals surface area contributed by atoms with Gasteiger partial charge in [0, 0.05) is 9.26 Å². The zero-order valence-corrected chi connectivity index (χ0v) is 11.0. The Kier molecular flexibility index (Phi) is 3.44. The van der Waals surface area contributed by atoms with E-state index in [0.29, 0.717) is 17.1 Å². The van der Waals surface area contributed by atoms with Crippen molar-refractivity contribution in [2.75, 3.05) is 11.1 Å². The summed E-state index contributed by atoms with van der Waals surface area (Å²) in [5.74, 6) is 0.517. The molecule has 0 aliphatic heterocycles. The highest BCUT2D eigenvalue weighted by molar-refractivity contribution is 14.1. The summed E-state index contributed by atoms with van der Waals surface area (Å²) in [6.07, 6.45) is 1.52. The number of pyridine rings is 1. The predicted molar refractivity (Wildman–Crippen MR) is 75.8 cm³/mol. The molecule has 0 radical (unpaired) electrons. The highest BCUT2D eigenvalue weighted by Crippen LogP contribution is 2.21. The molecule has 0 bridgehead atoms. The van der Waals surface area contributed by atoms with Gasteiger partial charge in [0.1, 0.15) is 11.9 Å². The minimum absolute atomic E-state index is 0.434. The summed E-state index contributed by atoms with van der Waals surface area (Å²) in [4.78, 5) is 4.11. The van der Waals surface area contributed by atoms with Crippen molar-refractivity contribution in [1.29, 1.82) is 5.26 Å². The molecule has 5 heteroatoms. The van der Waals surface area contributed by atoms with Crippen LogP contribution in [0.5, 0.6) is 0 Å². The van der Waals surface area contributed by atoms with Crippen LogP contribution in [0.1, 0.15) is 5.56 Å². The topological polar surface area (TPSA) is 74.7 Å². The van der Waals surface area contributed by atoms with E-state index in [1.54, 1.807) is 6.07 Å². The fraction of sp³-hybridized carbons (Fsp3) is 0. The van der Waals surface area contributed by atoms with Gasteiger partial charge in [-0.2, -0.15) is 5.26 Å². The van der Waals surface area contributed by atoms with Crippen LogP contribution in [0.3, 0.4) is 0 Å². The van der Waals surface area contributed by atoms with Crippen LogP contribution in [0.4, 0.5) is 17.2 Å². The number of hydrogen-bond acceptors (Lipinski definition) is 4. The molecule has 1 aromatic carbocycles. The minimum atomic E-state index is 0.434. The zero-order valence-electron chi connectivity index (χ0n) is 8.81. The zero-order chi connectivity index (χ0) is 12.3. The highest BCUT2D eigenvalue weighted by Gasteiger charge is 2.04. The van der Waals surface area contributed by atoms with Crippen molar-refractivity contribution in [1.82, 2.24) is 4.98 Å². The molecule has 0 amide bonds. The smallest absolute Gasteiger partial charge is 0.148 e. The average Bonchev–Trinajstić information content (AvgIpc) is 2.31. The number of rotatable bonds is 2. The Labute approximate surface area is 113 Å². The van der Waals surface area contributed by atoms with E-state index in [4.69, 9.17) is 11.0 Å². The molecule has 0 aliphatic rings. The Balaban J connectivity index is 2.34. The number of anilines is 3. The molecule has 2 aromatic rings. The van der Waals surface area contributed by atoms with E-state index in [1.807, 2.05) is 24.3 Å². The average molecular weight is 336 g/mol. The second-order valence-electron chi connectivity index (χ2n) is 3.41. The van der Waals surface area contributed by atoms with Gasteiger partial charge in [-0.05, 0) is 46.9 Å². The van der Waals surface area contributed by atoms with Crippen LogP contribution in [0.2, 0.25) is 0 Å². The Bertz CT molecular complexity index is 589. The predicted octanol–water partition coefficient (Wildman–Crippen LogP) is 2.88. The number of nitriles is 1. The Morgan fingerprint density at radius 1 is 1.35 bits per heavy atom. The van der Waals surface area contributed by atoms with Gasteiger partial charge in [0.15, 0.2) is 0 Å². The lowest BCUT2D eigenvalue weighted by Gasteiger charge is -2.07. The van der Waals surface area contributed by atoms with Crippen LogP contribution in [0, 0.1) is 14.9 Å². The van der Waals surface area contributed by atoms with Gasteiger partial charge < -0.3 is 11.1 Å². The molecule has 3 N–H and O–H groups in total. The third kappa shape index (κ3) is 2.85. The summed E-state index contributed by atoms with van der Waals surface area (Å²) in [5.41, 5.74) is 7.39. The van der Waals surface area contributed by atoms with E-state index in [0.717, 1.165) is 9.26 Å². The molecule has 0 fully saturated rings. The van der Waals surface area contributed by atoms with Gasteiger partial charge in [0.2, 0.25) is 0 Å². The van der Waals surface area contributed by atoms with Crippen molar-refractivity contribution >= 4 is 39.8 Å². The molecule has 0 saturated heterocycles. The number of nitrogens with zero attached hydrogens (tertiary/aromatic N) is 2. The molecule has 17 heavy (non-hydrogen) atoms. The number of aromatic nitrogens is 1. The van der Waals surface area contributed by atoms with E-state index < -0.39 is 0 Å². The van der Waals surface area contributed by atoms with E-state index in [9.17, 15) is 0 Å². The van der Waals surface area contributed by atoms with E-state index in [2.05, 4.69) is 39.0 Å². The summed E-state index contributed by atoms with van der Waals surface area (Å²) in [6.45, 7) is 0. The molecule has 0 unspecified atom stereocenters. The van der Waals surface area contributed by atoms with Crippen molar-refractivity contribution < 1.29 is 0 Å². The number of benzene rings is 1. The van der Waals surface area contributed by atoms with Gasteiger partial charge in [0.05, 0.1) is 17.4 Å². The van der Waals surface area contributed by atoms with Gasteiger partial charge in [-0.25, -0.2) is 4.98 Å². The SMILES string of the molecule is N#Cc1cc(N)cnc1Nc1cccc(I)c1. The van der Waals surface area contributed by atoms with Gasteiger partial charge in [-0.15, -0.1) is 0 Å². The Morgan fingerprint density at radius 3 is 2.88 bits per heavy atom. The number of nitrogens with two attached hydrogens (primary N) is 1. The summed E-state index contributed by atoms with van der Waals surface area (Å²) in [5, 5.41) is 12.1. The van der Waals surface area contributed by atoms with E-state index in [1.165, 1.54) is 6.20 Å². The fourth-order valence-corrected chi connectivity index (χ4v) is 1.91. The summed E-state index contributed by atoms with van der Waals surface area (Å²) >= 11 is 2.23. The Morgan fingerprint density at radius 2 is 2.18 bits per heavy atom. The van der Waals surface area contributed by atoms with Crippen LogP contribution >= 0.6 is 22.6 Å².